The van der Waals surface area contributed by atoms with Crippen LogP contribution >= 0.6 is 11.6 Å². The lowest BCUT2D eigenvalue weighted by atomic mass is 9.98. The van der Waals surface area contributed by atoms with Crippen LogP contribution in [0.15, 0.2) is 30.5 Å². The summed E-state index contributed by atoms with van der Waals surface area (Å²) >= 11 is 6.42. The molecule has 2 heterocycles. The number of hydrogen-bond acceptors (Lipinski definition) is 3. The van der Waals surface area contributed by atoms with Crippen molar-refractivity contribution in [2.24, 2.45) is 17.6 Å². The van der Waals surface area contributed by atoms with Crippen LogP contribution in [-0.4, -0.2) is 39.7 Å². The minimum absolute atomic E-state index is 0.0296. The predicted octanol–water partition coefficient (Wildman–Crippen LogP) is 3.77. The highest BCUT2D eigenvalue weighted by Gasteiger charge is 2.43. The van der Waals surface area contributed by atoms with Gasteiger partial charge in [0.15, 0.2) is 0 Å². The van der Waals surface area contributed by atoms with E-state index in [9.17, 15) is 4.79 Å². The third-order valence-corrected chi connectivity index (χ3v) is 6.29. The number of nitrogens with zero attached hydrogens (tertiary/aromatic N) is 3. The van der Waals surface area contributed by atoms with Crippen LogP contribution in [0.2, 0.25) is 5.02 Å². The van der Waals surface area contributed by atoms with Gasteiger partial charge in [-0.3, -0.25) is 9.48 Å². The van der Waals surface area contributed by atoms with Crippen molar-refractivity contribution in [3.8, 4) is 11.3 Å². The Kier molecular flexibility index (Phi) is 4.55. The van der Waals surface area contributed by atoms with Crippen LogP contribution in [0.5, 0.6) is 0 Å². The molecule has 27 heavy (non-hydrogen) atoms. The Morgan fingerprint density at radius 1 is 1.22 bits per heavy atom. The first-order chi connectivity index (χ1) is 12.8. The Morgan fingerprint density at radius 2 is 1.96 bits per heavy atom. The van der Waals surface area contributed by atoms with Gasteiger partial charge in [-0.1, -0.05) is 29.8 Å². The number of benzene rings is 1. The van der Waals surface area contributed by atoms with Crippen molar-refractivity contribution >= 4 is 17.5 Å². The van der Waals surface area contributed by atoms with Gasteiger partial charge in [-0.25, -0.2) is 0 Å². The highest BCUT2D eigenvalue weighted by Crippen LogP contribution is 2.39. The summed E-state index contributed by atoms with van der Waals surface area (Å²) in [6.07, 6.45) is 4.06. The fourth-order valence-electron chi connectivity index (χ4n) is 4.37. The molecule has 1 aromatic carbocycles. The SMILES string of the molecule is CC(C)(C)n1cc(C(=O)N2CC3CCC(N)C3C2)c(-c2ccccc2Cl)n1. The number of carbonyl (C=O) groups excluding carboxylic acids is 1. The molecule has 3 unspecified atom stereocenters. The second kappa shape index (κ2) is 6.64. The van der Waals surface area contributed by atoms with Gasteiger partial charge in [0.1, 0.15) is 5.69 Å². The fourth-order valence-corrected chi connectivity index (χ4v) is 4.60. The van der Waals surface area contributed by atoms with Gasteiger partial charge >= 0.3 is 0 Å². The van der Waals surface area contributed by atoms with Gasteiger partial charge in [-0.05, 0) is 51.5 Å². The van der Waals surface area contributed by atoms with Crippen LogP contribution in [0.1, 0.15) is 44.0 Å². The van der Waals surface area contributed by atoms with Crippen molar-refractivity contribution in [2.75, 3.05) is 13.1 Å². The molecular weight excluding hydrogens is 360 g/mol. The number of halogens is 1. The fraction of sp³-hybridized carbons (Fsp3) is 0.524. The first-order valence-electron chi connectivity index (χ1n) is 9.65. The number of fused-ring (bicyclic) bond motifs is 1. The molecule has 2 aromatic rings. The van der Waals surface area contributed by atoms with Gasteiger partial charge in [-0.2, -0.15) is 5.10 Å². The topological polar surface area (TPSA) is 64.2 Å². The van der Waals surface area contributed by atoms with E-state index in [0.29, 0.717) is 28.1 Å². The lowest BCUT2D eigenvalue weighted by Crippen LogP contribution is -2.33. The van der Waals surface area contributed by atoms with E-state index in [4.69, 9.17) is 22.4 Å². The molecule has 0 radical (unpaired) electrons. The van der Waals surface area contributed by atoms with E-state index in [0.717, 1.165) is 31.5 Å². The third-order valence-electron chi connectivity index (χ3n) is 5.96. The number of hydrogen-bond donors (Lipinski definition) is 1. The number of likely N-dealkylation sites (tertiary alicyclic amines) is 1. The van der Waals surface area contributed by atoms with Crippen LogP contribution in [-0.2, 0) is 5.54 Å². The van der Waals surface area contributed by atoms with E-state index in [-0.39, 0.29) is 17.5 Å². The first-order valence-corrected chi connectivity index (χ1v) is 10.0. The number of carbonyl (C=O) groups is 1. The van der Waals surface area contributed by atoms with Crippen molar-refractivity contribution < 1.29 is 4.79 Å². The molecule has 2 fully saturated rings. The highest BCUT2D eigenvalue weighted by molar-refractivity contribution is 6.33. The normalized spacial score (nSPS) is 25.1. The minimum atomic E-state index is -0.224. The maximum atomic E-state index is 13.4. The average Bonchev–Trinajstić information content (AvgIpc) is 3.30. The number of aromatic nitrogens is 2. The molecule has 4 rings (SSSR count). The Morgan fingerprint density at radius 3 is 2.63 bits per heavy atom. The lowest BCUT2D eigenvalue weighted by Gasteiger charge is -2.19. The summed E-state index contributed by atoms with van der Waals surface area (Å²) in [4.78, 5) is 15.4. The zero-order valence-electron chi connectivity index (χ0n) is 16.2. The second-order valence-electron chi connectivity index (χ2n) is 8.86. The summed E-state index contributed by atoms with van der Waals surface area (Å²) < 4.78 is 1.86. The second-order valence-corrected chi connectivity index (χ2v) is 9.27. The van der Waals surface area contributed by atoms with Gasteiger partial charge in [0.05, 0.1) is 16.1 Å². The van der Waals surface area contributed by atoms with Crippen LogP contribution in [0.3, 0.4) is 0 Å². The maximum absolute atomic E-state index is 13.4. The van der Waals surface area contributed by atoms with Gasteiger partial charge in [-0.15, -0.1) is 0 Å². The molecule has 1 saturated heterocycles. The van der Waals surface area contributed by atoms with E-state index >= 15 is 0 Å². The Hall–Kier alpha value is -1.85. The maximum Gasteiger partial charge on any atom is 0.257 e. The molecule has 0 bridgehead atoms. The summed E-state index contributed by atoms with van der Waals surface area (Å²) in [5, 5.41) is 5.35. The molecule has 1 aliphatic carbocycles. The standard InChI is InChI=1S/C21H27ClN4O/c1-21(2,3)26-12-16(19(24-26)14-6-4-5-7-17(14)22)20(27)25-10-13-8-9-18(23)15(13)11-25/h4-7,12-13,15,18H,8-11,23H2,1-3H3. The van der Waals surface area contributed by atoms with E-state index in [1.807, 2.05) is 40.0 Å². The van der Waals surface area contributed by atoms with Gasteiger partial charge in [0.25, 0.3) is 5.91 Å². The lowest BCUT2D eigenvalue weighted by molar-refractivity contribution is 0.0780. The van der Waals surface area contributed by atoms with Crippen molar-refractivity contribution in [3.05, 3.63) is 41.0 Å². The van der Waals surface area contributed by atoms with E-state index < -0.39 is 0 Å². The van der Waals surface area contributed by atoms with E-state index in [1.165, 1.54) is 0 Å². The molecular formula is C21H27ClN4O. The smallest absolute Gasteiger partial charge is 0.257 e. The monoisotopic (exact) mass is 386 g/mol. The van der Waals surface area contributed by atoms with Crippen LogP contribution in [0.4, 0.5) is 0 Å². The summed E-state index contributed by atoms with van der Waals surface area (Å²) in [6, 6.07) is 7.78. The molecule has 6 heteroatoms. The number of amides is 1. The summed E-state index contributed by atoms with van der Waals surface area (Å²) in [5.41, 5.74) is 8.09. The minimum Gasteiger partial charge on any atom is -0.338 e. The van der Waals surface area contributed by atoms with Crippen molar-refractivity contribution in [1.29, 1.82) is 0 Å². The molecule has 1 saturated carbocycles. The number of nitrogens with two attached hydrogens (primary N) is 1. The van der Waals surface area contributed by atoms with Crippen molar-refractivity contribution in [1.82, 2.24) is 14.7 Å². The quantitative estimate of drug-likeness (QED) is 0.854. The Balaban J connectivity index is 1.72. The molecule has 0 spiro atoms. The summed E-state index contributed by atoms with van der Waals surface area (Å²) in [7, 11) is 0. The van der Waals surface area contributed by atoms with Crippen LogP contribution in [0, 0.1) is 11.8 Å². The average molecular weight is 387 g/mol. The van der Waals surface area contributed by atoms with Crippen molar-refractivity contribution in [2.45, 2.75) is 45.2 Å². The molecule has 2 N–H and O–H groups in total. The molecule has 1 aromatic heterocycles. The van der Waals surface area contributed by atoms with E-state index in [2.05, 4.69) is 20.8 Å². The molecule has 2 aliphatic rings. The van der Waals surface area contributed by atoms with Gasteiger partial charge < -0.3 is 10.6 Å². The Labute approximate surface area is 165 Å². The van der Waals surface area contributed by atoms with E-state index in [1.54, 1.807) is 0 Å². The molecule has 144 valence electrons. The number of rotatable bonds is 2. The predicted molar refractivity (Wildman–Crippen MR) is 108 cm³/mol. The van der Waals surface area contributed by atoms with Crippen molar-refractivity contribution in [3.63, 3.8) is 0 Å². The van der Waals surface area contributed by atoms with Crippen LogP contribution < -0.4 is 5.73 Å². The Bertz CT molecular complexity index is 869. The first kappa shape index (κ1) is 18.5. The third kappa shape index (κ3) is 3.27. The molecule has 5 nitrogen and oxygen atoms in total. The molecule has 1 amide bonds. The highest BCUT2D eigenvalue weighted by atomic mass is 35.5. The van der Waals surface area contributed by atoms with Crippen LogP contribution in [0.25, 0.3) is 11.3 Å². The molecule has 1 aliphatic heterocycles. The molecule has 3 atom stereocenters. The summed E-state index contributed by atoms with van der Waals surface area (Å²) in [5.74, 6) is 0.989. The summed E-state index contributed by atoms with van der Waals surface area (Å²) in [6.45, 7) is 7.75. The zero-order valence-corrected chi connectivity index (χ0v) is 16.9. The zero-order chi connectivity index (χ0) is 19.3. The largest absolute Gasteiger partial charge is 0.338 e. The van der Waals surface area contributed by atoms with Gasteiger partial charge in [0.2, 0.25) is 0 Å². The van der Waals surface area contributed by atoms with Gasteiger partial charge in [0, 0.05) is 30.9 Å².